The molecule has 0 bridgehead atoms. The third-order valence-corrected chi connectivity index (χ3v) is 6.83. The van der Waals surface area contributed by atoms with Crippen LogP contribution in [0, 0.1) is 13.8 Å². The van der Waals surface area contributed by atoms with Crippen molar-refractivity contribution >= 4 is 26.0 Å². The molecule has 0 heterocycles. The highest BCUT2D eigenvalue weighted by molar-refractivity contribution is 9.10. The molecule has 0 saturated heterocycles. The van der Waals surface area contributed by atoms with Crippen LogP contribution in [0.4, 0.5) is 0 Å². The van der Waals surface area contributed by atoms with E-state index in [2.05, 4.69) is 15.9 Å². The van der Waals surface area contributed by atoms with Gasteiger partial charge in [-0.05, 0) is 43.2 Å². The van der Waals surface area contributed by atoms with Gasteiger partial charge in [-0.2, -0.15) is 4.31 Å². The standard InChI is InChI=1S/C19H24BrNO4S/c1-14-5-8-17(9-6-14)26(22,23)21(13-19(24-3)25-4)12-16-7-10-18(20)15(2)11-16/h5-11,19H,12-13H2,1-4H3. The number of benzene rings is 2. The molecule has 0 aromatic heterocycles. The average molecular weight is 442 g/mol. The van der Waals surface area contributed by atoms with E-state index < -0.39 is 16.3 Å². The zero-order chi connectivity index (χ0) is 19.3. The number of ether oxygens (including phenoxy) is 2. The quantitative estimate of drug-likeness (QED) is 0.583. The molecule has 0 aliphatic heterocycles. The maximum absolute atomic E-state index is 13.2. The maximum atomic E-state index is 13.2. The normalized spacial score (nSPS) is 12.1. The molecule has 0 radical (unpaired) electrons. The van der Waals surface area contributed by atoms with E-state index in [0.717, 1.165) is 21.2 Å². The summed E-state index contributed by atoms with van der Waals surface area (Å²) >= 11 is 3.47. The molecule has 0 saturated carbocycles. The Hall–Kier alpha value is -1.25. The Morgan fingerprint density at radius 2 is 1.65 bits per heavy atom. The number of hydrogen-bond acceptors (Lipinski definition) is 4. The van der Waals surface area contributed by atoms with Crippen LogP contribution in [-0.2, 0) is 26.0 Å². The summed E-state index contributed by atoms with van der Waals surface area (Å²) in [6.07, 6.45) is -0.647. The molecule has 0 spiro atoms. The number of methoxy groups -OCH3 is 2. The molecule has 0 aliphatic rings. The van der Waals surface area contributed by atoms with Crippen LogP contribution in [0.1, 0.15) is 16.7 Å². The minimum Gasteiger partial charge on any atom is -0.354 e. The highest BCUT2D eigenvalue weighted by Crippen LogP contribution is 2.22. The lowest BCUT2D eigenvalue weighted by Gasteiger charge is -2.26. The van der Waals surface area contributed by atoms with Crippen molar-refractivity contribution in [3.8, 4) is 0 Å². The second kappa shape index (κ2) is 9.10. The molecule has 5 nitrogen and oxygen atoms in total. The van der Waals surface area contributed by atoms with Crippen LogP contribution in [0.25, 0.3) is 0 Å². The van der Waals surface area contributed by atoms with Crippen molar-refractivity contribution < 1.29 is 17.9 Å². The zero-order valence-electron chi connectivity index (χ0n) is 15.4. The number of sulfonamides is 1. The molecule has 0 N–H and O–H groups in total. The molecular weight excluding hydrogens is 418 g/mol. The third kappa shape index (κ3) is 5.14. The van der Waals surface area contributed by atoms with Crippen molar-refractivity contribution in [1.29, 1.82) is 0 Å². The number of nitrogens with zero attached hydrogens (tertiary/aromatic N) is 1. The summed E-state index contributed by atoms with van der Waals surface area (Å²) in [5, 5.41) is 0. The van der Waals surface area contributed by atoms with Crippen LogP contribution in [0.5, 0.6) is 0 Å². The van der Waals surface area contributed by atoms with Gasteiger partial charge in [-0.15, -0.1) is 0 Å². The van der Waals surface area contributed by atoms with Gasteiger partial charge in [0.1, 0.15) is 0 Å². The number of rotatable bonds is 8. The van der Waals surface area contributed by atoms with Crippen LogP contribution in [-0.4, -0.2) is 39.8 Å². The lowest BCUT2D eigenvalue weighted by Crippen LogP contribution is -2.38. The Kier molecular flexibility index (Phi) is 7.37. The molecule has 0 amide bonds. The van der Waals surface area contributed by atoms with Crippen molar-refractivity contribution in [3.05, 3.63) is 63.6 Å². The first-order valence-corrected chi connectivity index (χ1v) is 10.4. The molecule has 7 heteroatoms. The van der Waals surface area contributed by atoms with Gasteiger partial charge in [0.25, 0.3) is 0 Å². The summed E-state index contributed by atoms with van der Waals surface area (Å²) in [7, 11) is -0.703. The fourth-order valence-electron chi connectivity index (χ4n) is 2.53. The molecule has 0 unspecified atom stereocenters. The van der Waals surface area contributed by atoms with Crippen LogP contribution in [0.2, 0.25) is 0 Å². The lowest BCUT2D eigenvalue weighted by molar-refractivity contribution is -0.108. The first-order valence-electron chi connectivity index (χ1n) is 8.15. The Labute approximate surface area is 164 Å². The first-order chi connectivity index (χ1) is 12.3. The van der Waals surface area contributed by atoms with Gasteiger partial charge in [-0.1, -0.05) is 45.8 Å². The molecule has 26 heavy (non-hydrogen) atoms. The summed E-state index contributed by atoms with van der Waals surface area (Å²) in [5.41, 5.74) is 2.95. The van der Waals surface area contributed by atoms with E-state index in [0.29, 0.717) is 0 Å². The van der Waals surface area contributed by atoms with E-state index in [1.807, 2.05) is 32.0 Å². The monoisotopic (exact) mass is 441 g/mol. The summed E-state index contributed by atoms with van der Waals surface area (Å²) in [4.78, 5) is 0.253. The van der Waals surface area contributed by atoms with Gasteiger partial charge in [0.05, 0.1) is 11.4 Å². The first kappa shape index (κ1) is 21.1. The van der Waals surface area contributed by atoms with Crippen molar-refractivity contribution in [2.75, 3.05) is 20.8 Å². The number of halogens is 1. The van der Waals surface area contributed by atoms with E-state index in [1.165, 1.54) is 18.5 Å². The molecule has 2 aromatic carbocycles. The van der Waals surface area contributed by atoms with E-state index >= 15 is 0 Å². The highest BCUT2D eigenvalue weighted by atomic mass is 79.9. The van der Waals surface area contributed by atoms with Crippen molar-refractivity contribution in [3.63, 3.8) is 0 Å². The Morgan fingerprint density at radius 1 is 1.04 bits per heavy atom. The van der Waals surface area contributed by atoms with Gasteiger partial charge >= 0.3 is 0 Å². The second-order valence-electron chi connectivity index (χ2n) is 6.10. The zero-order valence-corrected chi connectivity index (χ0v) is 17.8. The Morgan fingerprint density at radius 3 is 2.19 bits per heavy atom. The molecule has 2 rings (SSSR count). The lowest BCUT2D eigenvalue weighted by atomic mass is 10.1. The number of aryl methyl sites for hydroxylation is 2. The predicted molar refractivity (Wildman–Crippen MR) is 105 cm³/mol. The summed E-state index contributed by atoms with van der Waals surface area (Å²) in [5.74, 6) is 0. The molecular formula is C19H24BrNO4S. The SMILES string of the molecule is COC(CN(Cc1ccc(Br)c(C)c1)S(=O)(=O)c1ccc(C)cc1)OC. The Balaban J connectivity index is 2.38. The molecule has 2 aromatic rings. The minimum atomic E-state index is -3.69. The van der Waals surface area contributed by atoms with E-state index in [9.17, 15) is 8.42 Å². The largest absolute Gasteiger partial charge is 0.354 e. The van der Waals surface area contributed by atoms with Crippen molar-refractivity contribution in [2.24, 2.45) is 0 Å². The van der Waals surface area contributed by atoms with Gasteiger partial charge in [-0.3, -0.25) is 0 Å². The Bertz CT molecular complexity index is 833. The van der Waals surface area contributed by atoms with Gasteiger partial charge in [0, 0.05) is 25.2 Å². The highest BCUT2D eigenvalue weighted by Gasteiger charge is 2.27. The fraction of sp³-hybridized carbons (Fsp3) is 0.368. The fourth-order valence-corrected chi connectivity index (χ4v) is 4.19. The van der Waals surface area contributed by atoms with Crippen LogP contribution < -0.4 is 0 Å². The van der Waals surface area contributed by atoms with Gasteiger partial charge in [-0.25, -0.2) is 8.42 Å². The second-order valence-corrected chi connectivity index (χ2v) is 8.89. The molecule has 142 valence electrons. The summed E-state index contributed by atoms with van der Waals surface area (Å²) in [6, 6.07) is 12.6. The van der Waals surface area contributed by atoms with Gasteiger partial charge < -0.3 is 9.47 Å². The van der Waals surface area contributed by atoms with Crippen molar-refractivity contribution in [1.82, 2.24) is 4.31 Å². The van der Waals surface area contributed by atoms with E-state index in [1.54, 1.807) is 24.3 Å². The number of hydrogen-bond donors (Lipinski definition) is 0. The predicted octanol–water partition coefficient (Wildman–Crippen LogP) is 3.88. The third-order valence-electron chi connectivity index (χ3n) is 4.12. The van der Waals surface area contributed by atoms with E-state index in [4.69, 9.17) is 9.47 Å². The minimum absolute atomic E-state index is 0.0956. The van der Waals surface area contributed by atoms with Crippen LogP contribution >= 0.6 is 15.9 Å². The average Bonchev–Trinajstić information content (AvgIpc) is 2.61. The van der Waals surface area contributed by atoms with Gasteiger partial charge in [0.15, 0.2) is 6.29 Å². The molecule has 0 atom stereocenters. The summed E-state index contributed by atoms with van der Waals surface area (Å²) in [6.45, 7) is 4.22. The van der Waals surface area contributed by atoms with Crippen LogP contribution in [0.3, 0.4) is 0 Å². The summed E-state index contributed by atoms with van der Waals surface area (Å²) < 4.78 is 39.2. The molecule has 0 fully saturated rings. The van der Waals surface area contributed by atoms with Gasteiger partial charge in [0.2, 0.25) is 10.0 Å². The maximum Gasteiger partial charge on any atom is 0.243 e. The smallest absolute Gasteiger partial charge is 0.243 e. The van der Waals surface area contributed by atoms with Crippen molar-refractivity contribution in [2.45, 2.75) is 31.6 Å². The topological polar surface area (TPSA) is 55.8 Å². The molecule has 0 aliphatic carbocycles. The van der Waals surface area contributed by atoms with Crippen LogP contribution in [0.15, 0.2) is 51.8 Å². The van der Waals surface area contributed by atoms with E-state index in [-0.39, 0.29) is 18.0 Å².